The highest BCUT2D eigenvalue weighted by atomic mass is 32.1. The summed E-state index contributed by atoms with van der Waals surface area (Å²) < 4.78 is 2.56. The van der Waals surface area contributed by atoms with E-state index in [4.69, 9.17) is 0 Å². The van der Waals surface area contributed by atoms with Crippen molar-refractivity contribution < 1.29 is 4.79 Å². The molecule has 3 aromatic heterocycles. The fourth-order valence-electron chi connectivity index (χ4n) is 3.13. The molecule has 0 saturated carbocycles. The molecular formula is C16H17N5O2S. The van der Waals surface area contributed by atoms with Gasteiger partial charge in [-0.2, -0.15) is 10.2 Å². The van der Waals surface area contributed by atoms with Crippen LogP contribution < -0.4 is 10.9 Å². The van der Waals surface area contributed by atoms with Crippen molar-refractivity contribution in [2.24, 2.45) is 0 Å². The van der Waals surface area contributed by atoms with Crippen LogP contribution in [0.5, 0.6) is 0 Å². The van der Waals surface area contributed by atoms with Crippen LogP contribution in [0.3, 0.4) is 0 Å². The second kappa shape index (κ2) is 5.86. The number of aryl methyl sites for hydroxylation is 1. The first-order valence-electron chi connectivity index (χ1n) is 7.94. The Morgan fingerprint density at radius 3 is 3.00 bits per heavy atom. The molecule has 0 atom stereocenters. The standard InChI is InChI=1S/C16H17N5O2S/c1-10-11-4-2-3-5-13(11)24-15(10)19-14(22)8-20-16(23)12-6-7-17-21(12)9-18-20/h6-7,9H,2-5,8H2,1H3,(H,19,22). The lowest BCUT2D eigenvalue weighted by atomic mass is 9.96. The predicted octanol–water partition coefficient (Wildman–Crippen LogP) is 1.78. The molecule has 24 heavy (non-hydrogen) atoms. The SMILES string of the molecule is Cc1c(NC(=O)Cn2ncn3nccc3c2=O)sc2c1CCCC2. The zero-order valence-electron chi connectivity index (χ0n) is 13.3. The molecule has 0 spiro atoms. The first-order valence-corrected chi connectivity index (χ1v) is 8.75. The van der Waals surface area contributed by atoms with Crippen molar-refractivity contribution in [3.63, 3.8) is 0 Å². The van der Waals surface area contributed by atoms with Crippen LogP contribution >= 0.6 is 11.3 Å². The third kappa shape index (κ3) is 2.52. The summed E-state index contributed by atoms with van der Waals surface area (Å²) in [6, 6.07) is 1.61. The molecule has 0 saturated heterocycles. The van der Waals surface area contributed by atoms with E-state index in [0.717, 1.165) is 28.1 Å². The minimum Gasteiger partial charge on any atom is -0.316 e. The molecule has 0 radical (unpaired) electrons. The van der Waals surface area contributed by atoms with Crippen LogP contribution in [0.25, 0.3) is 5.52 Å². The van der Waals surface area contributed by atoms with Crippen LogP contribution in [0.4, 0.5) is 5.00 Å². The lowest BCUT2D eigenvalue weighted by molar-refractivity contribution is -0.117. The third-order valence-corrected chi connectivity index (χ3v) is 5.72. The molecule has 1 aliphatic carbocycles. The summed E-state index contributed by atoms with van der Waals surface area (Å²) in [5.74, 6) is -0.241. The monoisotopic (exact) mass is 343 g/mol. The number of rotatable bonds is 3. The number of nitrogens with zero attached hydrogens (tertiary/aromatic N) is 4. The number of carbonyl (C=O) groups excluding carboxylic acids is 1. The molecule has 3 aromatic rings. The molecule has 0 bridgehead atoms. The number of thiophene rings is 1. The summed E-state index contributed by atoms with van der Waals surface area (Å²) in [5, 5.41) is 11.8. The molecular weight excluding hydrogens is 326 g/mol. The highest BCUT2D eigenvalue weighted by Gasteiger charge is 2.19. The summed E-state index contributed by atoms with van der Waals surface area (Å²) in [5.41, 5.74) is 2.63. The van der Waals surface area contributed by atoms with Gasteiger partial charge < -0.3 is 5.32 Å². The molecule has 7 nitrogen and oxygen atoms in total. The average molecular weight is 343 g/mol. The maximum atomic E-state index is 12.3. The summed E-state index contributed by atoms with van der Waals surface area (Å²) >= 11 is 1.66. The Morgan fingerprint density at radius 1 is 1.33 bits per heavy atom. The van der Waals surface area contributed by atoms with Crippen molar-refractivity contribution in [1.29, 1.82) is 0 Å². The third-order valence-electron chi connectivity index (χ3n) is 4.41. The van der Waals surface area contributed by atoms with E-state index >= 15 is 0 Å². The fourth-order valence-corrected chi connectivity index (χ4v) is 4.44. The van der Waals surface area contributed by atoms with Gasteiger partial charge in [-0.05, 0) is 49.8 Å². The topological polar surface area (TPSA) is 81.3 Å². The van der Waals surface area contributed by atoms with Crippen molar-refractivity contribution in [3.05, 3.63) is 44.9 Å². The molecule has 0 aromatic carbocycles. The van der Waals surface area contributed by atoms with Gasteiger partial charge in [0.2, 0.25) is 5.91 Å². The first-order chi connectivity index (χ1) is 11.6. The molecule has 0 fully saturated rings. The van der Waals surface area contributed by atoms with Gasteiger partial charge in [-0.1, -0.05) is 0 Å². The van der Waals surface area contributed by atoms with Crippen molar-refractivity contribution in [3.8, 4) is 0 Å². The molecule has 1 amide bonds. The largest absolute Gasteiger partial charge is 0.316 e. The molecule has 0 aliphatic heterocycles. The molecule has 124 valence electrons. The lowest BCUT2D eigenvalue weighted by Gasteiger charge is -2.10. The Kier molecular flexibility index (Phi) is 3.68. The fraction of sp³-hybridized carbons (Fsp3) is 0.375. The zero-order valence-corrected chi connectivity index (χ0v) is 14.1. The predicted molar refractivity (Wildman–Crippen MR) is 91.6 cm³/mol. The minimum absolute atomic E-state index is 0.109. The van der Waals surface area contributed by atoms with Crippen molar-refractivity contribution in [1.82, 2.24) is 19.4 Å². The quantitative estimate of drug-likeness (QED) is 0.786. The van der Waals surface area contributed by atoms with Crippen LogP contribution in [0.15, 0.2) is 23.4 Å². The van der Waals surface area contributed by atoms with Gasteiger partial charge in [0.15, 0.2) is 0 Å². The minimum atomic E-state index is -0.327. The van der Waals surface area contributed by atoms with E-state index in [1.165, 1.54) is 40.3 Å². The van der Waals surface area contributed by atoms with Gasteiger partial charge >= 0.3 is 0 Å². The molecule has 4 rings (SSSR count). The maximum absolute atomic E-state index is 12.3. The molecule has 0 unspecified atom stereocenters. The molecule has 1 N–H and O–H groups in total. The Bertz CT molecular complexity index is 984. The van der Waals surface area contributed by atoms with E-state index < -0.39 is 0 Å². The number of hydrogen-bond donors (Lipinski definition) is 1. The van der Waals surface area contributed by atoms with Gasteiger partial charge in [0, 0.05) is 4.88 Å². The van der Waals surface area contributed by atoms with Gasteiger partial charge in [-0.25, -0.2) is 9.20 Å². The molecule has 1 aliphatic rings. The number of hydrogen-bond acceptors (Lipinski definition) is 5. The number of carbonyl (C=O) groups is 1. The number of nitrogens with one attached hydrogen (secondary N) is 1. The smallest absolute Gasteiger partial charge is 0.293 e. The summed E-state index contributed by atoms with van der Waals surface area (Å²) in [6.07, 6.45) is 7.57. The summed E-state index contributed by atoms with van der Waals surface area (Å²) in [4.78, 5) is 26.0. The van der Waals surface area contributed by atoms with E-state index in [-0.39, 0.29) is 18.0 Å². The van der Waals surface area contributed by atoms with E-state index in [9.17, 15) is 9.59 Å². The number of anilines is 1. The van der Waals surface area contributed by atoms with E-state index in [1.807, 2.05) is 0 Å². The van der Waals surface area contributed by atoms with Crippen molar-refractivity contribution >= 4 is 27.8 Å². The summed E-state index contributed by atoms with van der Waals surface area (Å²) in [6.45, 7) is 1.95. The van der Waals surface area contributed by atoms with Crippen molar-refractivity contribution in [2.45, 2.75) is 39.2 Å². The van der Waals surface area contributed by atoms with E-state index in [0.29, 0.717) is 5.52 Å². The van der Waals surface area contributed by atoms with E-state index in [2.05, 4.69) is 22.4 Å². The Hall–Kier alpha value is -2.48. The van der Waals surface area contributed by atoms with E-state index in [1.54, 1.807) is 17.4 Å². The lowest BCUT2D eigenvalue weighted by Crippen LogP contribution is -2.30. The van der Waals surface area contributed by atoms with Crippen molar-refractivity contribution in [2.75, 3.05) is 5.32 Å². The molecule has 3 heterocycles. The number of fused-ring (bicyclic) bond motifs is 2. The van der Waals surface area contributed by atoms with Crippen LogP contribution in [0, 0.1) is 6.92 Å². The Morgan fingerprint density at radius 2 is 2.17 bits per heavy atom. The normalized spacial score (nSPS) is 13.9. The second-order valence-electron chi connectivity index (χ2n) is 5.97. The second-order valence-corrected chi connectivity index (χ2v) is 7.07. The highest BCUT2D eigenvalue weighted by molar-refractivity contribution is 7.16. The van der Waals surface area contributed by atoms with Gasteiger partial charge in [-0.3, -0.25) is 9.59 Å². The Balaban J connectivity index is 1.55. The number of aromatic nitrogens is 4. The van der Waals surface area contributed by atoms with Crippen LogP contribution in [0.2, 0.25) is 0 Å². The van der Waals surface area contributed by atoms with Gasteiger partial charge in [0.1, 0.15) is 18.4 Å². The zero-order chi connectivity index (χ0) is 16.7. The highest BCUT2D eigenvalue weighted by Crippen LogP contribution is 2.37. The number of amides is 1. The Labute approximate surface area is 141 Å². The van der Waals surface area contributed by atoms with Crippen LogP contribution in [0.1, 0.15) is 28.8 Å². The van der Waals surface area contributed by atoms with Gasteiger partial charge in [-0.15, -0.1) is 11.3 Å². The first kappa shape index (κ1) is 15.1. The van der Waals surface area contributed by atoms with Gasteiger partial charge in [0.05, 0.1) is 11.2 Å². The average Bonchev–Trinajstić information content (AvgIpc) is 3.17. The van der Waals surface area contributed by atoms with Crippen LogP contribution in [-0.4, -0.2) is 25.3 Å². The van der Waals surface area contributed by atoms with Crippen LogP contribution in [-0.2, 0) is 24.2 Å². The summed E-state index contributed by atoms with van der Waals surface area (Å²) in [7, 11) is 0. The maximum Gasteiger partial charge on any atom is 0.293 e. The van der Waals surface area contributed by atoms with Gasteiger partial charge in [0.25, 0.3) is 5.56 Å². The molecule has 8 heteroatoms.